The molecule has 6 heteroatoms. The van der Waals surface area contributed by atoms with Gasteiger partial charge < -0.3 is 5.32 Å². The molecule has 0 aliphatic heterocycles. The number of nitrogens with one attached hydrogen (secondary N) is 1. The molecule has 1 N–H and O–H groups in total. The van der Waals surface area contributed by atoms with E-state index in [4.69, 9.17) is 0 Å². The fourth-order valence-corrected chi connectivity index (χ4v) is 1.81. The first-order valence-corrected chi connectivity index (χ1v) is 7.10. The third-order valence-corrected chi connectivity index (χ3v) is 3.29. The highest BCUT2D eigenvalue weighted by atomic mass is 79.9. The van der Waals surface area contributed by atoms with Crippen molar-refractivity contribution in [2.24, 2.45) is 0 Å². The van der Waals surface area contributed by atoms with Crippen molar-refractivity contribution in [3.63, 3.8) is 0 Å². The van der Waals surface area contributed by atoms with Crippen molar-refractivity contribution in [3.05, 3.63) is 24.3 Å². The molecular formula is C9H10BrNO3S. The van der Waals surface area contributed by atoms with E-state index >= 15 is 0 Å². The van der Waals surface area contributed by atoms with E-state index in [9.17, 15) is 13.2 Å². The van der Waals surface area contributed by atoms with Crippen LogP contribution in [0, 0.1) is 0 Å². The highest BCUT2D eigenvalue weighted by molar-refractivity contribution is 9.09. The fourth-order valence-electron chi connectivity index (χ4n) is 0.999. The summed E-state index contributed by atoms with van der Waals surface area (Å²) in [5.41, 5.74) is 0.474. The number of amides is 1. The summed E-state index contributed by atoms with van der Waals surface area (Å²) >= 11 is 3.00. The Morgan fingerprint density at radius 1 is 1.47 bits per heavy atom. The molecule has 1 amide bonds. The third-order valence-electron chi connectivity index (χ3n) is 1.67. The quantitative estimate of drug-likeness (QED) is 0.857. The van der Waals surface area contributed by atoms with Crippen molar-refractivity contribution in [3.8, 4) is 0 Å². The predicted octanol–water partition coefficient (Wildman–Crippen LogP) is 1.42. The molecular weight excluding hydrogens is 282 g/mol. The molecule has 0 aliphatic carbocycles. The molecule has 0 spiro atoms. The van der Waals surface area contributed by atoms with Gasteiger partial charge in [0.2, 0.25) is 5.91 Å². The minimum Gasteiger partial charge on any atom is -0.325 e. The van der Waals surface area contributed by atoms with E-state index in [0.29, 0.717) is 5.69 Å². The van der Waals surface area contributed by atoms with Gasteiger partial charge in [-0.3, -0.25) is 4.79 Å². The Kier molecular flexibility index (Phi) is 3.87. The van der Waals surface area contributed by atoms with Crippen LogP contribution < -0.4 is 5.32 Å². The molecule has 0 saturated heterocycles. The van der Waals surface area contributed by atoms with Crippen molar-refractivity contribution in [1.29, 1.82) is 0 Å². The maximum absolute atomic E-state index is 11.2. The highest BCUT2D eigenvalue weighted by Gasteiger charge is 2.08. The van der Waals surface area contributed by atoms with Gasteiger partial charge in [-0.15, -0.1) is 0 Å². The highest BCUT2D eigenvalue weighted by Crippen LogP contribution is 2.15. The summed E-state index contributed by atoms with van der Waals surface area (Å²) in [5, 5.41) is 2.73. The number of anilines is 1. The van der Waals surface area contributed by atoms with Crippen LogP contribution in [0.15, 0.2) is 29.2 Å². The van der Waals surface area contributed by atoms with Crippen LogP contribution in [-0.4, -0.2) is 25.9 Å². The Labute approximate surface area is 96.7 Å². The second kappa shape index (κ2) is 4.76. The van der Waals surface area contributed by atoms with Crippen molar-refractivity contribution in [2.45, 2.75) is 4.90 Å². The first-order chi connectivity index (χ1) is 6.93. The predicted molar refractivity (Wildman–Crippen MR) is 62.0 cm³/mol. The topological polar surface area (TPSA) is 63.2 Å². The Bertz CT molecular complexity index is 470. The molecule has 1 aromatic rings. The monoisotopic (exact) mass is 291 g/mol. The molecule has 0 bridgehead atoms. The van der Waals surface area contributed by atoms with Crippen LogP contribution in [0.1, 0.15) is 0 Å². The van der Waals surface area contributed by atoms with Gasteiger partial charge in [-0.05, 0) is 18.2 Å². The van der Waals surface area contributed by atoms with Crippen LogP contribution in [0.3, 0.4) is 0 Å². The Balaban J connectivity index is 2.99. The molecule has 0 unspecified atom stereocenters. The molecule has 0 atom stereocenters. The summed E-state index contributed by atoms with van der Waals surface area (Å²) in [7, 11) is -3.23. The van der Waals surface area contributed by atoms with Gasteiger partial charge in [0.15, 0.2) is 9.84 Å². The summed E-state index contributed by atoms with van der Waals surface area (Å²) in [6.07, 6.45) is 1.12. The van der Waals surface area contributed by atoms with Crippen LogP contribution >= 0.6 is 15.9 Å². The lowest BCUT2D eigenvalue weighted by molar-refractivity contribution is -0.113. The number of carbonyl (C=O) groups is 1. The Hall–Kier alpha value is -0.880. The molecule has 15 heavy (non-hydrogen) atoms. The van der Waals surface area contributed by atoms with Gasteiger partial charge >= 0.3 is 0 Å². The first kappa shape index (κ1) is 12.2. The number of halogens is 1. The van der Waals surface area contributed by atoms with Gasteiger partial charge in [0.25, 0.3) is 0 Å². The van der Waals surface area contributed by atoms with Crippen LogP contribution in [0.5, 0.6) is 0 Å². The lowest BCUT2D eigenvalue weighted by Gasteiger charge is -2.04. The normalized spacial score (nSPS) is 11.1. The summed E-state index contributed by atoms with van der Waals surface area (Å²) in [5.74, 6) is -0.222. The maximum Gasteiger partial charge on any atom is 0.235 e. The largest absolute Gasteiger partial charge is 0.325 e. The number of rotatable bonds is 3. The lowest BCUT2D eigenvalue weighted by Crippen LogP contribution is -2.12. The van der Waals surface area contributed by atoms with E-state index in [0.717, 1.165) is 6.26 Å². The standard InChI is InChI=1S/C9H10BrNO3S/c1-15(13,14)8-4-2-3-7(5-8)11-9(12)6-10/h2-5H,6H2,1H3,(H,11,12). The molecule has 0 fully saturated rings. The number of sulfone groups is 1. The molecule has 0 saturated carbocycles. The molecule has 0 heterocycles. The van der Waals surface area contributed by atoms with Crippen LogP contribution in [0.4, 0.5) is 5.69 Å². The van der Waals surface area contributed by atoms with Gasteiger partial charge in [-0.25, -0.2) is 8.42 Å². The van der Waals surface area contributed by atoms with Gasteiger partial charge in [0, 0.05) is 11.9 Å². The maximum atomic E-state index is 11.2. The van der Waals surface area contributed by atoms with Gasteiger partial charge in [0.05, 0.1) is 10.2 Å². The molecule has 4 nitrogen and oxygen atoms in total. The van der Waals surface area contributed by atoms with Gasteiger partial charge in [-0.1, -0.05) is 22.0 Å². The lowest BCUT2D eigenvalue weighted by atomic mass is 10.3. The number of alkyl halides is 1. The number of hydrogen-bond acceptors (Lipinski definition) is 3. The van der Waals surface area contributed by atoms with Crippen LogP contribution in [-0.2, 0) is 14.6 Å². The molecule has 1 rings (SSSR count). The molecule has 1 aromatic carbocycles. The number of hydrogen-bond donors (Lipinski definition) is 1. The van der Waals surface area contributed by atoms with E-state index in [-0.39, 0.29) is 16.1 Å². The summed E-state index contributed by atoms with van der Waals surface area (Å²) in [6, 6.07) is 6.13. The minimum atomic E-state index is -3.23. The molecule has 0 aromatic heterocycles. The minimum absolute atomic E-state index is 0.177. The van der Waals surface area contributed by atoms with Crippen molar-refractivity contribution >= 4 is 37.4 Å². The zero-order valence-corrected chi connectivity index (χ0v) is 10.4. The fraction of sp³-hybridized carbons (Fsp3) is 0.222. The summed E-state index contributed by atoms with van der Waals surface area (Å²) < 4.78 is 22.4. The van der Waals surface area contributed by atoms with E-state index in [1.807, 2.05) is 0 Å². The zero-order chi connectivity index (χ0) is 11.5. The zero-order valence-electron chi connectivity index (χ0n) is 8.03. The molecule has 0 aliphatic rings. The third kappa shape index (κ3) is 3.64. The van der Waals surface area contributed by atoms with E-state index in [1.165, 1.54) is 12.1 Å². The number of carbonyl (C=O) groups excluding carboxylic acids is 1. The van der Waals surface area contributed by atoms with E-state index < -0.39 is 9.84 Å². The average Bonchev–Trinajstić information content (AvgIpc) is 2.17. The number of benzene rings is 1. The Morgan fingerprint density at radius 2 is 2.13 bits per heavy atom. The van der Waals surface area contributed by atoms with E-state index in [1.54, 1.807) is 12.1 Å². The first-order valence-electron chi connectivity index (χ1n) is 4.09. The van der Waals surface area contributed by atoms with Gasteiger partial charge in [-0.2, -0.15) is 0 Å². The van der Waals surface area contributed by atoms with E-state index in [2.05, 4.69) is 21.2 Å². The van der Waals surface area contributed by atoms with Crippen LogP contribution in [0.2, 0.25) is 0 Å². The second-order valence-electron chi connectivity index (χ2n) is 2.98. The van der Waals surface area contributed by atoms with Crippen molar-refractivity contribution in [2.75, 3.05) is 16.9 Å². The molecule has 82 valence electrons. The smallest absolute Gasteiger partial charge is 0.235 e. The van der Waals surface area contributed by atoms with Crippen LogP contribution in [0.25, 0.3) is 0 Å². The average molecular weight is 292 g/mol. The summed E-state index contributed by atoms with van der Waals surface area (Å²) in [6.45, 7) is 0. The SMILES string of the molecule is CS(=O)(=O)c1cccc(NC(=O)CBr)c1. The molecule has 0 radical (unpaired) electrons. The second-order valence-corrected chi connectivity index (χ2v) is 5.56. The summed E-state index contributed by atoms with van der Waals surface area (Å²) in [4.78, 5) is 11.2. The van der Waals surface area contributed by atoms with Crippen molar-refractivity contribution < 1.29 is 13.2 Å². The van der Waals surface area contributed by atoms with Gasteiger partial charge in [0.1, 0.15) is 0 Å². The van der Waals surface area contributed by atoms with Crippen molar-refractivity contribution in [1.82, 2.24) is 0 Å². The Morgan fingerprint density at radius 3 is 2.67 bits per heavy atom.